The van der Waals surface area contributed by atoms with E-state index in [1.54, 1.807) is 4.90 Å². The first kappa shape index (κ1) is 17.6. The van der Waals surface area contributed by atoms with Crippen molar-refractivity contribution in [2.24, 2.45) is 0 Å². The second kappa shape index (κ2) is 8.79. The van der Waals surface area contributed by atoms with Crippen LogP contribution >= 0.6 is 0 Å². The maximum atomic E-state index is 12.2. The van der Waals surface area contributed by atoms with Crippen LogP contribution in [0.5, 0.6) is 0 Å². The fourth-order valence-electron chi connectivity index (χ4n) is 3.49. The minimum Gasteiger partial charge on any atom is -0.347 e. The van der Waals surface area contributed by atoms with Crippen LogP contribution in [-0.4, -0.2) is 38.6 Å². The van der Waals surface area contributed by atoms with Gasteiger partial charge in [-0.2, -0.15) is 0 Å². The Morgan fingerprint density at radius 1 is 0.920 bits per heavy atom. The Kier molecular flexibility index (Phi) is 6.20. The zero-order chi connectivity index (χ0) is 17.5. The number of rotatable bonds is 6. The van der Waals surface area contributed by atoms with Crippen molar-refractivity contribution < 1.29 is 14.6 Å². The molecule has 0 bridgehead atoms. The number of amides is 1. The van der Waals surface area contributed by atoms with Crippen LogP contribution in [0.3, 0.4) is 0 Å². The lowest BCUT2D eigenvalue weighted by molar-refractivity contribution is -1.02. The highest BCUT2D eigenvalue weighted by atomic mass is 16.2. The molecule has 1 amide bonds. The van der Waals surface area contributed by atoms with Crippen molar-refractivity contribution in [2.45, 2.75) is 20.0 Å². The van der Waals surface area contributed by atoms with Crippen molar-refractivity contribution in [3.05, 3.63) is 71.3 Å². The average Bonchev–Trinajstić information content (AvgIpc) is 2.64. The second-order valence-corrected chi connectivity index (χ2v) is 7.04. The molecule has 0 radical (unpaired) electrons. The van der Waals surface area contributed by atoms with E-state index in [0.717, 1.165) is 32.7 Å². The molecule has 0 aromatic heterocycles. The van der Waals surface area contributed by atoms with Crippen LogP contribution in [-0.2, 0) is 17.9 Å². The minimum atomic E-state index is 0.157. The molecule has 0 spiro atoms. The molecule has 1 fully saturated rings. The number of hydrogen-bond acceptors (Lipinski definition) is 1. The molecule has 1 aliphatic rings. The number of aryl methyl sites for hydroxylation is 1. The molecule has 2 aromatic rings. The maximum Gasteiger partial charge on any atom is 0.275 e. The van der Waals surface area contributed by atoms with Crippen LogP contribution in [0.4, 0.5) is 0 Å². The molecule has 4 heteroatoms. The van der Waals surface area contributed by atoms with Gasteiger partial charge in [0, 0.05) is 12.1 Å². The predicted molar refractivity (Wildman–Crippen MR) is 99.4 cm³/mol. The van der Waals surface area contributed by atoms with Crippen LogP contribution in [0.15, 0.2) is 54.6 Å². The zero-order valence-electron chi connectivity index (χ0n) is 15.1. The van der Waals surface area contributed by atoms with Gasteiger partial charge in [-0.3, -0.25) is 4.79 Å². The summed E-state index contributed by atoms with van der Waals surface area (Å²) in [7, 11) is 0. The first-order valence-electron chi connectivity index (χ1n) is 9.23. The molecule has 25 heavy (non-hydrogen) atoms. The molecule has 132 valence electrons. The van der Waals surface area contributed by atoms with E-state index in [1.165, 1.54) is 21.6 Å². The summed E-state index contributed by atoms with van der Waals surface area (Å²) in [6.07, 6.45) is 0. The first-order valence-corrected chi connectivity index (χ1v) is 9.23. The lowest BCUT2D eigenvalue weighted by Gasteiger charge is -2.29. The van der Waals surface area contributed by atoms with E-state index in [1.807, 2.05) is 12.1 Å². The molecule has 4 nitrogen and oxygen atoms in total. The molecule has 0 aliphatic carbocycles. The fraction of sp³-hybridized carbons (Fsp3) is 0.381. The minimum absolute atomic E-state index is 0.157. The van der Waals surface area contributed by atoms with Crippen LogP contribution < -0.4 is 15.1 Å². The smallest absolute Gasteiger partial charge is 0.275 e. The van der Waals surface area contributed by atoms with Gasteiger partial charge in [-0.25, -0.2) is 0 Å². The third-order valence-corrected chi connectivity index (χ3v) is 5.11. The van der Waals surface area contributed by atoms with E-state index >= 15 is 0 Å². The summed E-state index contributed by atoms with van der Waals surface area (Å²) < 4.78 is 0. The molecule has 1 aliphatic heterocycles. The van der Waals surface area contributed by atoms with E-state index in [4.69, 9.17) is 0 Å². The highest BCUT2D eigenvalue weighted by Gasteiger charge is 2.24. The molecule has 1 heterocycles. The van der Waals surface area contributed by atoms with Crippen molar-refractivity contribution in [3.63, 3.8) is 0 Å². The maximum absolute atomic E-state index is 12.2. The van der Waals surface area contributed by atoms with Gasteiger partial charge in [0.1, 0.15) is 32.7 Å². The standard InChI is InChI=1S/C21H27N3O/c1-18-7-5-6-10-20(18)15-22-21(25)17-24-13-11-23(12-14-24)16-19-8-3-2-4-9-19/h2-10H,11-17H2,1H3,(H,22,25)/p+2. The van der Waals surface area contributed by atoms with E-state index in [9.17, 15) is 4.79 Å². The Labute approximate surface area is 150 Å². The molecule has 0 unspecified atom stereocenters. The summed E-state index contributed by atoms with van der Waals surface area (Å²) in [6.45, 7) is 8.80. The highest BCUT2D eigenvalue weighted by Crippen LogP contribution is 2.05. The number of nitrogens with one attached hydrogen (secondary N) is 3. The molecule has 0 saturated carbocycles. The van der Waals surface area contributed by atoms with Crippen molar-refractivity contribution in [3.8, 4) is 0 Å². The molecule has 3 N–H and O–H groups in total. The van der Waals surface area contributed by atoms with E-state index in [0.29, 0.717) is 13.1 Å². The van der Waals surface area contributed by atoms with Crippen molar-refractivity contribution >= 4 is 5.91 Å². The van der Waals surface area contributed by atoms with Gasteiger partial charge in [0.2, 0.25) is 0 Å². The third kappa shape index (κ3) is 5.41. The van der Waals surface area contributed by atoms with E-state index in [2.05, 4.69) is 54.7 Å². The monoisotopic (exact) mass is 339 g/mol. The van der Waals surface area contributed by atoms with Gasteiger partial charge in [0.25, 0.3) is 5.91 Å². The Morgan fingerprint density at radius 3 is 2.28 bits per heavy atom. The number of piperazine rings is 1. The third-order valence-electron chi connectivity index (χ3n) is 5.11. The fourth-order valence-corrected chi connectivity index (χ4v) is 3.49. The van der Waals surface area contributed by atoms with Gasteiger partial charge in [0.05, 0.1) is 0 Å². The second-order valence-electron chi connectivity index (χ2n) is 7.04. The summed E-state index contributed by atoms with van der Waals surface area (Å²) in [6, 6.07) is 18.9. The zero-order valence-corrected chi connectivity index (χ0v) is 15.1. The van der Waals surface area contributed by atoms with Crippen LogP contribution in [0.25, 0.3) is 0 Å². The Bertz CT molecular complexity index is 679. The Balaban J connectivity index is 1.38. The highest BCUT2D eigenvalue weighted by molar-refractivity contribution is 5.76. The summed E-state index contributed by atoms with van der Waals surface area (Å²) in [4.78, 5) is 15.3. The van der Waals surface area contributed by atoms with E-state index < -0.39 is 0 Å². The van der Waals surface area contributed by atoms with Gasteiger partial charge in [-0.1, -0.05) is 54.6 Å². The van der Waals surface area contributed by atoms with Gasteiger partial charge < -0.3 is 15.1 Å². The van der Waals surface area contributed by atoms with Gasteiger partial charge in [-0.05, 0) is 18.1 Å². The average molecular weight is 339 g/mol. The summed E-state index contributed by atoms with van der Waals surface area (Å²) in [5.41, 5.74) is 3.83. The molecule has 1 saturated heterocycles. The van der Waals surface area contributed by atoms with Gasteiger partial charge in [0.15, 0.2) is 6.54 Å². The van der Waals surface area contributed by atoms with Crippen LogP contribution in [0.2, 0.25) is 0 Å². The Hall–Kier alpha value is -2.17. The molecule has 3 rings (SSSR count). The number of hydrogen-bond donors (Lipinski definition) is 3. The summed E-state index contributed by atoms with van der Waals surface area (Å²) >= 11 is 0. The number of carbonyl (C=O) groups excluding carboxylic acids is 1. The first-order chi connectivity index (χ1) is 12.2. The van der Waals surface area contributed by atoms with Crippen molar-refractivity contribution in [1.82, 2.24) is 5.32 Å². The summed E-state index contributed by atoms with van der Waals surface area (Å²) in [5, 5.41) is 3.07. The topological polar surface area (TPSA) is 38.0 Å². The number of carbonyl (C=O) groups is 1. The predicted octanol–water partition coefficient (Wildman–Crippen LogP) is -0.405. The van der Waals surface area contributed by atoms with Crippen LogP contribution in [0, 0.1) is 6.92 Å². The molecular formula is C21H29N3O+2. The lowest BCUT2D eigenvalue weighted by Crippen LogP contribution is -3.28. The summed E-state index contributed by atoms with van der Waals surface area (Å²) in [5.74, 6) is 0.157. The van der Waals surface area contributed by atoms with E-state index in [-0.39, 0.29) is 5.91 Å². The quantitative estimate of drug-likeness (QED) is 0.658. The SMILES string of the molecule is Cc1ccccc1CNC(=O)C[NH+]1CC[NH+](Cc2ccccc2)CC1. The van der Waals surface area contributed by atoms with Gasteiger partial charge in [-0.15, -0.1) is 0 Å². The van der Waals surface area contributed by atoms with Crippen LogP contribution in [0.1, 0.15) is 16.7 Å². The van der Waals surface area contributed by atoms with Crippen molar-refractivity contribution in [2.75, 3.05) is 32.7 Å². The largest absolute Gasteiger partial charge is 0.347 e. The normalized spacial score (nSPS) is 20.2. The lowest BCUT2D eigenvalue weighted by atomic mass is 10.1. The Morgan fingerprint density at radius 2 is 1.56 bits per heavy atom. The number of benzene rings is 2. The van der Waals surface area contributed by atoms with Gasteiger partial charge >= 0.3 is 0 Å². The number of quaternary nitrogens is 2. The molecule has 2 aromatic carbocycles. The van der Waals surface area contributed by atoms with Crippen molar-refractivity contribution in [1.29, 1.82) is 0 Å². The molecular weight excluding hydrogens is 310 g/mol. The molecule has 0 atom stereocenters.